The molecule has 112 valence electrons. The van der Waals surface area contributed by atoms with Crippen LogP contribution < -0.4 is 10.2 Å². The van der Waals surface area contributed by atoms with Crippen LogP contribution in [0.15, 0.2) is 30.5 Å². The van der Waals surface area contributed by atoms with Gasteiger partial charge in [0.05, 0.1) is 12.2 Å². The molecule has 0 aromatic carbocycles. The van der Waals surface area contributed by atoms with Crippen molar-refractivity contribution in [3.63, 3.8) is 0 Å². The fraction of sp³-hybridized carbons (Fsp3) is 0.438. The van der Waals surface area contributed by atoms with Gasteiger partial charge in [0.1, 0.15) is 17.5 Å². The van der Waals surface area contributed by atoms with Crippen LogP contribution in [-0.4, -0.2) is 28.0 Å². The molecule has 2 aromatic heterocycles. The molecule has 0 aliphatic rings. The Kier molecular flexibility index (Phi) is 5.49. The second kappa shape index (κ2) is 7.57. The Morgan fingerprint density at radius 2 is 2.05 bits per heavy atom. The second-order valence-electron chi connectivity index (χ2n) is 4.92. The molecule has 0 fully saturated rings. The minimum Gasteiger partial charge on any atom is -0.370 e. The molecule has 0 unspecified atom stereocenters. The molecule has 5 nitrogen and oxygen atoms in total. The number of hydrogen-bond donors (Lipinski definition) is 1. The van der Waals surface area contributed by atoms with E-state index < -0.39 is 0 Å². The van der Waals surface area contributed by atoms with Gasteiger partial charge in [-0.05, 0) is 32.4 Å². The largest absolute Gasteiger partial charge is 0.370 e. The summed E-state index contributed by atoms with van der Waals surface area (Å²) >= 11 is 0. The van der Waals surface area contributed by atoms with Crippen LogP contribution in [0.2, 0.25) is 0 Å². The molecule has 0 saturated heterocycles. The van der Waals surface area contributed by atoms with Crippen LogP contribution in [0.3, 0.4) is 0 Å². The number of anilines is 2. The molecule has 1 N–H and O–H groups in total. The summed E-state index contributed by atoms with van der Waals surface area (Å²) in [5.41, 5.74) is 1.04. The SMILES string of the molecule is CCCNc1cc(N(CC)Cc2ccccn2)nc(C)n1. The van der Waals surface area contributed by atoms with Gasteiger partial charge in [-0.2, -0.15) is 0 Å². The molecule has 0 spiro atoms. The lowest BCUT2D eigenvalue weighted by molar-refractivity contribution is 0.786. The van der Waals surface area contributed by atoms with Crippen LogP contribution in [-0.2, 0) is 6.54 Å². The van der Waals surface area contributed by atoms with E-state index >= 15 is 0 Å². The smallest absolute Gasteiger partial charge is 0.134 e. The van der Waals surface area contributed by atoms with Crippen molar-refractivity contribution in [2.45, 2.75) is 33.7 Å². The number of rotatable bonds is 7. The molecule has 0 bridgehead atoms. The molecule has 5 heteroatoms. The zero-order chi connectivity index (χ0) is 15.1. The molecular weight excluding hydrogens is 262 g/mol. The minimum atomic E-state index is 0.751. The zero-order valence-electron chi connectivity index (χ0n) is 13.0. The van der Waals surface area contributed by atoms with Gasteiger partial charge in [0.2, 0.25) is 0 Å². The van der Waals surface area contributed by atoms with Crippen molar-refractivity contribution in [2.24, 2.45) is 0 Å². The van der Waals surface area contributed by atoms with Crippen molar-refractivity contribution in [3.8, 4) is 0 Å². The second-order valence-corrected chi connectivity index (χ2v) is 4.92. The van der Waals surface area contributed by atoms with Crippen molar-refractivity contribution >= 4 is 11.6 Å². The fourth-order valence-corrected chi connectivity index (χ4v) is 2.10. The lowest BCUT2D eigenvalue weighted by Gasteiger charge is -2.22. The third-order valence-electron chi connectivity index (χ3n) is 3.17. The quantitative estimate of drug-likeness (QED) is 0.847. The Labute approximate surface area is 126 Å². The summed E-state index contributed by atoms with van der Waals surface area (Å²) in [4.78, 5) is 15.6. The average Bonchev–Trinajstić information content (AvgIpc) is 2.51. The van der Waals surface area contributed by atoms with Gasteiger partial charge in [-0.3, -0.25) is 4.98 Å². The highest BCUT2D eigenvalue weighted by molar-refractivity contribution is 5.49. The van der Waals surface area contributed by atoms with Gasteiger partial charge in [-0.1, -0.05) is 13.0 Å². The van der Waals surface area contributed by atoms with Crippen molar-refractivity contribution in [3.05, 3.63) is 42.0 Å². The number of aryl methyl sites for hydroxylation is 1. The molecule has 21 heavy (non-hydrogen) atoms. The van der Waals surface area contributed by atoms with E-state index in [2.05, 4.69) is 39.0 Å². The predicted octanol–water partition coefficient (Wildman–Crippen LogP) is 3.03. The third-order valence-corrected chi connectivity index (χ3v) is 3.17. The Balaban J connectivity index is 2.19. The molecule has 0 aliphatic heterocycles. The number of nitrogens with zero attached hydrogens (tertiary/aromatic N) is 4. The van der Waals surface area contributed by atoms with Crippen molar-refractivity contribution < 1.29 is 0 Å². The summed E-state index contributed by atoms with van der Waals surface area (Å²) in [5, 5.41) is 3.32. The van der Waals surface area contributed by atoms with E-state index in [1.54, 1.807) is 0 Å². The van der Waals surface area contributed by atoms with E-state index in [4.69, 9.17) is 0 Å². The Morgan fingerprint density at radius 1 is 1.19 bits per heavy atom. The van der Waals surface area contributed by atoms with Gasteiger partial charge < -0.3 is 10.2 Å². The number of hydrogen-bond acceptors (Lipinski definition) is 5. The zero-order valence-corrected chi connectivity index (χ0v) is 13.0. The van der Waals surface area contributed by atoms with E-state index in [1.807, 2.05) is 37.4 Å². The maximum atomic E-state index is 4.56. The van der Waals surface area contributed by atoms with Gasteiger partial charge in [0.25, 0.3) is 0 Å². The van der Waals surface area contributed by atoms with Gasteiger partial charge in [-0.15, -0.1) is 0 Å². The Bertz CT molecular complexity index is 556. The summed E-state index contributed by atoms with van der Waals surface area (Å²) in [6.45, 7) is 8.74. The molecule has 2 aromatic rings. The average molecular weight is 285 g/mol. The monoisotopic (exact) mass is 285 g/mol. The summed E-state index contributed by atoms with van der Waals surface area (Å²) in [7, 11) is 0. The van der Waals surface area contributed by atoms with Crippen LogP contribution in [0.1, 0.15) is 31.8 Å². The number of nitrogens with one attached hydrogen (secondary N) is 1. The normalized spacial score (nSPS) is 10.4. The van der Waals surface area contributed by atoms with Crippen LogP contribution in [0, 0.1) is 6.92 Å². The molecule has 2 rings (SSSR count). The molecular formula is C16H23N5. The Hall–Kier alpha value is -2.17. The minimum absolute atomic E-state index is 0.751. The van der Waals surface area contributed by atoms with Crippen molar-refractivity contribution in [1.82, 2.24) is 15.0 Å². The van der Waals surface area contributed by atoms with Gasteiger partial charge in [0, 0.05) is 25.4 Å². The topological polar surface area (TPSA) is 53.9 Å². The highest BCUT2D eigenvalue weighted by Crippen LogP contribution is 2.17. The van der Waals surface area contributed by atoms with E-state index in [1.165, 1.54) is 0 Å². The summed E-state index contributed by atoms with van der Waals surface area (Å²) < 4.78 is 0. The first kappa shape index (κ1) is 15.2. The van der Waals surface area contributed by atoms with Crippen molar-refractivity contribution in [1.29, 1.82) is 0 Å². The highest BCUT2D eigenvalue weighted by atomic mass is 15.2. The number of aromatic nitrogens is 3. The summed E-state index contributed by atoms with van der Waals surface area (Å²) in [6, 6.07) is 7.99. The first-order valence-electron chi connectivity index (χ1n) is 7.47. The third kappa shape index (κ3) is 4.41. The molecule has 2 heterocycles. The number of pyridine rings is 1. The van der Waals surface area contributed by atoms with Gasteiger partial charge in [0.15, 0.2) is 0 Å². The van der Waals surface area contributed by atoms with Gasteiger partial charge in [-0.25, -0.2) is 9.97 Å². The fourth-order valence-electron chi connectivity index (χ4n) is 2.10. The Morgan fingerprint density at radius 3 is 2.71 bits per heavy atom. The maximum absolute atomic E-state index is 4.56. The molecule has 0 saturated carbocycles. The summed E-state index contributed by atoms with van der Waals surface area (Å²) in [5.74, 6) is 2.61. The first-order chi connectivity index (χ1) is 10.2. The molecule has 0 aliphatic carbocycles. The van der Waals surface area contributed by atoms with E-state index in [9.17, 15) is 0 Å². The maximum Gasteiger partial charge on any atom is 0.134 e. The molecule has 0 amide bonds. The van der Waals surface area contributed by atoms with Gasteiger partial charge >= 0.3 is 0 Å². The summed E-state index contributed by atoms with van der Waals surface area (Å²) in [6.07, 6.45) is 2.90. The highest BCUT2D eigenvalue weighted by Gasteiger charge is 2.10. The molecule has 0 atom stereocenters. The predicted molar refractivity (Wildman–Crippen MR) is 86.5 cm³/mol. The van der Waals surface area contributed by atoms with Crippen molar-refractivity contribution in [2.75, 3.05) is 23.3 Å². The first-order valence-corrected chi connectivity index (χ1v) is 7.47. The lowest BCUT2D eigenvalue weighted by atomic mass is 10.3. The standard InChI is InChI=1S/C16H23N5/c1-4-9-18-15-11-16(20-13(3)19-15)21(5-2)12-14-8-6-7-10-17-14/h6-8,10-11H,4-5,9,12H2,1-3H3,(H,18,19,20). The van der Waals surface area contributed by atoms with Crippen LogP contribution in [0.5, 0.6) is 0 Å². The van der Waals surface area contributed by atoms with E-state index in [-0.39, 0.29) is 0 Å². The molecule has 0 radical (unpaired) electrons. The lowest BCUT2D eigenvalue weighted by Crippen LogP contribution is -2.24. The van der Waals surface area contributed by atoms with E-state index in [0.29, 0.717) is 0 Å². The van der Waals surface area contributed by atoms with E-state index in [0.717, 1.165) is 49.2 Å². The van der Waals surface area contributed by atoms with Crippen LogP contribution in [0.25, 0.3) is 0 Å². The van der Waals surface area contributed by atoms with Crippen LogP contribution in [0.4, 0.5) is 11.6 Å². The van der Waals surface area contributed by atoms with Crippen LogP contribution >= 0.6 is 0 Å².